The van der Waals surface area contributed by atoms with Crippen molar-refractivity contribution in [2.45, 2.75) is 51.4 Å². The van der Waals surface area contributed by atoms with Gasteiger partial charge in [0.05, 0.1) is 62.9 Å². The van der Waals surface area contributed by atoms with Gasteiger partial charge in [0, 0.05) is 12.1 Å². The number of carbonyl (C=O) groups excluding carboxylic acids is 4. The minimum Gasteiger partial charge on any atom is -0.497 e. The summed E-state index contributed by atoms with van der Waals surface area (Å²) in [5.41, 5.74) is 0.115. The van der Waals surface area contributed by atoms with Gasteiger partial charge in [-0.05, 0) is 37.1 Å². The Morgan fingerprint density at radius 2 is 0.739 bits per heavy atom. The van der Waals surface area contributed by atoms with E-state index in [1.54, 1.807) is 12.1 Å². The molecule has 0 unspecified atom stereocenters. The zero-order valence-electron chi connectivity index (χ0n) is 26.1. The van der Waals surface area contributed by atoms with Crippen LogP contribution in [0.1, 0.15) is 72.1 Å². The van der Waals surface area contributed by atoms with Gasteiger partial charge in [-0.15, -0.1) is 0 Å². The van der Waals surface area contributed by atoms with E-state index in [1.165, 1.54) is 52.7 Å². The number of benzene rings is 2. The van der Waals surface area contributed by atoms with Crippen molar-refractivity contribution in [1.82, 2.24) is 0 Å². The van der Waals surface area contributed by atoms with E-state index in [1.807, 2.05) is 0 Å². The Kier molecular flexibility index (Phi) is 17.6. The minimum absolute atomic E-state index is 0.0573. The predicted molar refractivity (Wildman–Crippen MR) is 154 cm³/mol. The molecule has 0 atom stereocenters. The maximum Gasteiger partial charge on any atom is 0.543 e. The molecule has 0 radical (unpaired) electrons. The number of carbonyl (C=O) groups is 4. The first-order valence-corrected chi connectivity index (χ1v) is 14.2. The molecule has 0 bridgehead atoms. The first-order chi connectivity index (χ1) is 22.3. The molecule has 16 heteroatoms. The molecule has 0 aliphatic carbocycles. The van der Waals surface area contributed by atoms with Crippen LogP contribution in [0, 0.1) is 0 Å². The summed E-state index contributed by atoms with van der Waals surface area (Å²) in [4.78, 5) is 64.6. The van der Waals surface area contributed by atoms with Gasteiger partial charge in [-0.25, -0.2) is 29.0 Å². The highest BCUT2D eigenvalue weighted by Gasteiger charge is 2.16. The van der Waals surface area contributed by atoms with Crippen molar-refractivity contribution < 1.29 is 77.2 Å². The lowest BCUT2D eigenvalue weighted by molar-refractivity contribution is -0.452. The van der Waals surface area contributed by atoms with Crippen LogP contribution < -0.4 is 18.9 Å². The van der Waals surface area contributed by atoms with Crippen LogP contribution in [0.15, 0.2) is 36.4 Å². The lowest BCUT2D eigenvalue weighted by Gasteiger charge is -2.07. The number of hydrogen-bond donors (Lipinski definition) is 0. The maximum absolute atomic E-state index is 12.0. The van der Waals surface area contributed by atoms with Gasteiger partial charge in [-0.3, -0.25) is 9.78 Å². The zero-order valence-corrected chi connectivity index (χ0v) is 26.1. The molecule has 0 spiro atoms. The summed E-state index contributed by atoms with van der Waals surface area (Å²) in [5.74, 6) is -0.421. The maximum atomic E-state index is 12.0. The molecule has 254 valence electrons. The van der Waals surface area contributed by atoms with Crippen LogP contribution in [0.3, 0.4) is 0 Å². The van der Waals surface area contributed by atoms with Crippen LogP contribution >= 0.6 is 0 Å². The summed E-state index contributed by atoms with van der Waals surface area (Å²) >= 11 is 0. The summed E-state index contributed by atoms with van der Waals surface area (Å²) in [6.07, 6.45) is 4.37. The van der Waals surface area contributed by atoms with Gasteiger partial charge in [0.2, 0.25) is 0 Å². The molecule has 16 nitrogen and oxygen atoms in total. The Morgan fingerprint density at radius 1 is 0.435 bits per heavy atom. The van der Waals surface area contributed by atoms with Crippen molar-refractivity contribution in [1.29, 1.82) is 0 Å². The van der Waals surface area contributed by atoms with Crippen molar-refractivity contribution in [3.63, 3.8) is 0 Å². The molecule has 0 heterocycles. The quantitative estimate of drug-likeness (QED) is 0.0676. The number of methoxy groups -OCH3 is 4. The van der Waals surface area contributed by atoms with Crippen molar-refractivity contribution in [3.8, 4) is 23.0 Å². The Bertz CT molecular complexity index is 1110. The zero-order chi connectivity index (χ0) is 33.6. The van der Waals surface area contributed by atoms with E-state index >= 15 is 0 Å². The van der Waals surface area contributed by atoms with Crippen molar-refractivity contribution >= 4 is 24.2 Å². The molecule has 2 aromatic rings. The largest absolute Gasteiger partial charge is 0.543 e. The second kappa shape index (κ2) is 21.7. The fraction of sp³-hybridized carbons (Fsp3) is 0.467. The summed E-state index contributed by atoms with van der Waals surface area (Å²) in [6, 6.07) is 8.71. The monoisotopic (exact) mass is 654 g/mol. The van der Waals surface area contributed by atoms with E-state index in [2.05, 4.69) is 29.6 Å². The van der Waals surface area contributed by atoms with Gasteiger partial charge in [0.1, 0.15) is 23.0 Å². The highest BCUT2D eigenvalue weighted by molar-refractivity contribution is 5.90. The van der Waals surface area contributed by atoms with E-state index in [-0.39, 0.29) is 24.3 Å². The minimum atomic E-state index is -1.15. The third-order valence-electron chi connectivity index (χ3n) is 6.08. The molecule has 0 aromatic heterocycles. The highest BCUT2D eigenvalue weighted by Crippen LogP contribution is 2.24. The van der Waals surface area contributed by atoms with Gasteiger partial charge in [0.25, 0.3) is 0 Å². The van der Waals surface area contributed by atoms with Crippen LogP contribution in [0.5, 0.6) is 23.0 Å². The fourth-order valence-corrected chi connectivity index (χ4v) is 3.72. The molecule has 2 rings (SSSR count). The number of rotatable bonds is 21. The lowest BCUT2D eigenvalue weighted by atomic mass is 10.1. The Morgan fingerprint density at radius 3 is 1.04 bits per heavy atom. The second-order valence-electron chi connectivity index (χ2n) is 9.27. The Balaban J connectivity index is 1.40. The van der Waals surface area contributed by atoms with Crippen LogP contribution in [-0.2, 0) is 39.1 Å². The number of ether oxygens (including phenoxy) is 6. The molecule has 0 saturated heterocycles. The Hall–Kier alpha value is -4.96. The molecule has 46 heavy (non-hydrogen) atoms. The fourth-order valence-electron chi connectivity index (χ4n) is 3.72. The van der Waals surface area contributed by atoms with Crippen LogP contribution in [0.2, 0.25) is 0 Å². The van der Waals surface area contributed by atoms with Gasteiger partial charge < -0.3 is 28.4 Å². The highest BCUT2D eigenvalue weighted by atomic mass is 17.5. The molecular weight excluding hydrogens is 616 g/mol. The van der Waals surface area contributed by atoms with E-state index in [9.17, 15) is 19.2 Å². The summed E-state index contributed by atoms with van der Waals surface area (Å²) < 4.78 is 30.0. The van der Waals surface area contributed by atoms with Gasteiger partial charge >= 0.3 is 24.2 Å². The average molecular weight is 655 g/mol. The van der Waals surface area contributed by atoms with Gasteiger partial charge in [-0.2, -0.15) is 0 Å². The third kappa shape index (κ3) is 14.7. The SMILES string of the molecule is COc1cc(OC)cc(C(=O)OOOC(=O)OCCCCCCCCCCOC(=O)OOOC(=O)c2cc(OC)cc(OC)c2)c1. The number of hydrogen-bond acceptors (Lipinski definition) is 16. The third-order valence-corrected chi connectivity index (χ3v) is 6.08. The normalized spacial score (nSPS) is 10.3. The number of unbranched alkanes of at least 4 members (excludes halogenated alkanes) is 7. The first-order valence-electron chi connectivity index (χ1n) is 14.2. The molecule has 0 fully saturated rings. The summed E-state index contributed by atoms with van der Waals surface area (Å²) in [6.45, 7) is 0.213. The molecule has 0 saturated carbocycles. The molecule has 0 aliphatic rings. The van der Waals surface area contributed by atoms with Crippen molar-refractivity contribution in [2.24, 2.45) is 0 Å². The van der Waals surface area contributed by atoms with Crippen molar-refractivity contribution in [3.05, 3.63) is 47.5 Å². The van der Waals surface area contributed by atoms with E-state index in [0.717, 1.165) is 38.5 Å². The predicted octanol–water partition coefficient (Wildman–Crippen LogP) is 5.86. The van der Waals surface area contributed by atoms with E-state index < -0.39 is 24.2 Å². The standard InChI is InChI=1S/C30H38O16/c1-35-23-15-21(16-24(19-23)36-2)27(31)41-45-43-29(33)39-13-11-9-7-5-6-8-10-12-14-40-30(34)44-46-42-28(32)22-17-25(37-3)20-26(18-22)38-4/h15-20H,5-14H2,1-4H3. The van der Waals surface area contributed by atoms with Crippen molar-refractivity contribution in [2.75, 3.05) is 41.7 Å². The molecule has 0 amide bonds. The first kappa shape index (κ1) is 37.2. The molecule has 0 aliphatic heterocycles. The van der Waals surface area contributed by atoms with Crippen LogP contribution in [0.25, 0.3) is 0 Å². The summed E-state index contributed by atoms with van der Waals surface area (Å²) in [7, 11) is 5.70. The second-order valence-corrected chi connectivity index (χ2v) is 9.27. The van der Waals surface area contributed by atoms with E-state index in [4.69, 9.17) is 28.4 Å². The van der Waals surface area contributed by atoms with Crippen LogP contribution in [-0.4, -0.2) is 65.9 Å². The van der Waals surface area contributed by atoms with E-state index in [0.29, 0.717) is 35.8 Å². The summed E-state index contributed by atoms with van der Waals surface area (Å²) in [5, 5.41) is 8.41. The average Bonchev–Trinajstić information content (AvgIpc) is 3.07. The van der Waals surface area contributed by atoms with Gasteiger partial charge in [-0.1, -0.05) is 38.5 Å². The smallest absolute Gasteiger partial charge is 0.497 e. The Labute approximate surface area is 265 Å². The topological polar surface area (TPSA) is 179 Å². The molecular formula is C30H38O16. The molecule has 2 aromatic carbocycles. The van der Waals surface area contributed by atoms with Crippen LogP contribution in [0.4, 0.5) is 9.59 Å². The lowest BCUT2D eigenvalue weighted by Crippen LogP contribution is -2.13. The molecule has 0 N–H and O–H groups in total. The van der Waals surface area contributed by atoms with Gasteiger partial charge in [0.15, 0.2) is 0 Å².